The average molecular weight is 397 g/mol. The highest BCUT2D eigenvalue weighted by atomic mass is 16.2. The van der Waals surface area contributed by atoms with Crippen LogP contribution >= 0.6 is 0 Å². The topological polar surface area (TPSA) is 75.2 Å². The van der Waals surface area contributed by atoms with E-state index in [1.54, 1.807) is 11.1 Å². The Morgan fingerprint density at radius 1 is 1.03 bits per heavy atom. The molecule has 0 fully saturated rings. The largest absolute Gasteiger partial charge is 0.354 e. The highest BCUT2D eigenvalue weighted by molar-refractivity contribution is 5.92. The van der Waals surface area contributed by atoms with E-state index in [0.29, 0.717) is 24.7 Å². The third-order valence-electron chi connectivity index (χ3n) is 4.77. The van der Waals surface area contributed by atoms with E-state index in [1.807, 2.05) is 25.1 Å². The first kappa shape index (κ1) is 22.5. The lowest BCUT2D eigenvalue weighted by atomic mass is 10.1. The van der Waals surface area contributed by atoms with Gasteiger partial charge in [-0.25, -0.2) is 4.98 Å². The van der Waals surface area contributed by atoms with Crippen LogP contribution in [-0.4, -0.2) is 45.8 Å². The average Bonchev–Trinajstić information content (AvgIpc) is 2.73. The third kappa shape index (κ3) is 8.42. The van der Waals surface area contributed by atoms with Crippen LogP contribution in [0, 0.1) is 5.92 Å². The first-order chi connectivity index (χ1) is 14.0. The van der Waals surface area contributed by atoms with Crippen molar-refractivity contribution in [1.29, 1.82) is 0 Å². The summed E-state index contributed by atoms with van der Waals surface area (Å²) in [5.41, 5.74) is 1.58. The maximum atomic E-state index is 12.7. The standard InChI is InChI=1S/C23H32N4O2/c1-18(2)11-15-27(23(29)21-17-24-13-14-25-21)16-12-22(28)26-19(3)9-10-20-7-5-4-6-8-20/h4-8,13-14,17-19H,9-12,15-16H2,1-3H3,(H,26,28). The molecule has 0 aliphatic heterocycles. The molecule has 0 radical (unpaired) electrons. The van der Waals surface area contributed by atoms with Crippen LogP contribution in [0.4, 0.5) is 0 Å². The van der Waals surface area contributed by atoms with Crippen LogP contribution in [0.15, 0.2) is 48.9 Å². The van der Waals surface area contributed by atoms with Gasteiger partial charge in [0.25, 0.3) is 5.91 Å². The Hall–Kier alpha value is -2.76. The van der Waals surface area contributed by atoms with Gasteiger partial charge in [-0.1, -0.05) is 44.2 Å². The summed E-state index contributed by atoms with van der Waals surface area (Å²) in [6.07, 6.45) is 7.48. The molecular formula is C23H32N4O2. The van der Waals surface area contributed by atoms with Gasteiger partial charge in [0.2, 0.25) is 5.91 Å². The fourth-order valence-corrected chi connectivity index (χ4v) is 2.98. The number of rotatable bonds is 11. The molecule has 6 nitrogen and oxygen atoms in total. The van der Waals surface area contributed by atoms with Crippen molar-refractivity contribution in [2.45, 2.75) is 52.5 Å². The summed E-state index contributed by atoms with van der Waals surface area (Å²) < 4.78 is 0. The van der Waals surface area contributed by atoms with Crippen molar-refractivity contribution < 1.29 is 9.59 Å². The van der Waals surface area contributed by atoms with Gasteiger partial charge in [-0.15, -0.1) is 0 Å². The molecule has 1 aromatic carbocycles. The van der Waals surface area contributed by atoms with E-state index in [4.69, 9.17) is 0 Å². The monoisotopic (exact) mass is 396 g/mol. The molecule has 0 saturated heterocycles. The molecule has 1 heterocycles. The van der Waals surface area contributed by atoms with Crippen molar-refractivity contribution in [3.05, 3.63) is 60.2 Å². The van der Waals surface area contributed by atoms with Gasteiger partial charge >= 0.3 is 0 Å². The van der Waals surface area contributed by atoms with Gasteiger partial charge in [-0.3, -0.25) is 14.6 Å². The van der Waals surface area contributed by atoms with Crippen LogP contribution in [0.1, 0.15) is 56.1 Å². The molecule has 0 saturated carbocycles. The highest BCUT2D eigenvalue weighted by Crippen LogP contribution is 2.08. The minimum absolute atomic E-state index is 0.0351. The fraction of sp³-hybridized carbons (Fsp3) is 0.478. The smallest absolute Gasteiger partial charge is 0.274 e. The Morgan fingerprint density at radius 3 is 2.45 bits per heavy atom. The number of hydrogen-bond acceptors (Lipinski definition) is 4. The van der Waals surface area contributed by atoms with Crippen molar-refractivity contribution in [3.63, 3.8) is 0 Å². The van der Waals surface area contributed by atoms with Gasteiger partial charge in [0.05, 0.1) is 6.20 Å². The number of aryl methyl sites for hydroxylation is 1. The van der Waals surface area contributed by atoms with Gasteiger partial charge in [0, 0.05) is 37.9 Å². The molecule has 0 aliphatic carbocycles. The molecule has 0 aliphatic rings. The van der Waals surface area contributed by atoms with Crippen LogP contribution in [0.2, 0.25) is 0 Å². The molecule has 6 heteroatoms. The van der Waals surface area contributed by atoms with Crippen molar-refractivity contribution in [2.24, 2.45) is 5.92 Å². The van der Waals surface area contributed by atoms with Gasteiger partial charge in [0.15, 0.2) is 0 Å². The second-order valence-electron chi connectivity index (χ2n) is 7.81. The predicted molar refractivity (Wildman–Crippen MR) is 114 cm³/mol. The molecule has 1 N–H and O–H groups in total. The number of aromatic nitrogens is 2. The lowest BCUT2D eigenvalue weighted by Gasteiger charge is -2.23. The SMILES string of the molecule is CC(C)CCN(CCC(=O)NC(C)CCc1ccccc1)C(=O)c1cnccn1. The molecule has 2 rings (SSSR count). The second kappa shape index (κ2) is 11.9. The fourth-order valence-electron chi connectivity index (χ4n) is 2.98. The van der Waals surface area contributed by atoms with Crippen LogP contribution in [0.3, 0.4) is 0 Å². The molecule has 1 atom stereocenters. The Bertz CT molecular complexity index is 750. The van der Waals surface area contributed by atoms with Gasteiger partial charge in [0.1, 0.15) is 5.69 Å². The van der Waals surface area contributed by atoms with Crippen LogP contribution in [-0.2, 0) is 11.2 Å². The highest BCUT2D eigenvalue weighted by Gasteiger charge is 2.19. The van der Waals surface area contributed by atoms with E-state index in [9.17, 15) is 9.59 Å². The maximum Gasteiger partial charge on any atom is 0.274 e. The lowest BCUT2D eigenvalue weighted by Crippen LogP contribution is -2.39. The minimum atomic E-state index is -0.177. The minimum Gasteiger partial charge on any atom is -0.354 e. The van der Waals surface area contributed by atoms with E-state index < -0.39 is 0 Å². The molecule has 156 valence electrons. The van der Waals surface area contributed by atoms with Crippen molar-refractivity contribution in [2.75, 3.05) is 13.1 Å². The Balaban J connectivity index is 1.83. The quantitative estimate of drug-likeness (QED) is 0.631. The summed E-state index contributed by atoms with van der Waals surface area (Å²) in [7, 11) is 0. The van der Waals surface area contributed by atoms with E-state index in [1.165, 1.54) is 18.0 Å². The summed E-state index contributed by atoms with van der Waals surface area (Å²) in [6, 6.07) is 10.3. The normalized spacial score (nSPS) is 11.9. The van der Waals surface area contributed by atoms with Crippen LogP contribution in [0.5, 0.6) is 0 Å². The predicted octanol–water partition coefficient (Wildman–Crippen LogP) is 3.49. The molecular weight excluding hydrogens is 364 g/mol. The van der Waals surface area contributed by atoms with Crippen molar-refractivity contribution in [3.8, 4) is 0 Å². The number of carbonyl (C=O) groups is 2. The first-order valence-electron chi connectivity index (χ1n) is 10.3. The van der Waals surface area contributed by atoms with Crippen LogP contribution < -0.4 is 5.32 Å². The maximum absolute atomic E-state index is 12.7. The molecule has 1 aromatic heterocycles. The molecule has 2 aromatic rings. The first-order valence-corrected chi connectivity index (χ1v) is 10.3. The molecule has 0 bridgehead atoms. The molecule has 1 unspecified atom stereocenters. The third-order valence-corrected chi connectivity index (χ3v) is 4.77. The molecule has 0 spiro atoms. The summed E-state index contributed by atoms with van der Waals surface area (Å²) in [4.78, 5) is 34.9. The Morgan fingerprint density at radius 2 is 1.79 bits per heavy atom. The zero-order valence-corrected chi connectivity index (χ0v) is 17.7. The molecule has 29 heavy (non-hydrogen) atoms. The number of carbonyl (C=O) groups excluding carboxylic acids is 2. The number of amides is 2. The van der Waals surface area contributed by atoms with Gasteiger partial charge < -0.3 is 10.2 Å². The number of hydrogen-bond donors (Lipinski definition) is 1. The summed E-state index contributed by atoms with van der Waals surface area (Å²) in [5.74, 6) is 0.259. The number of benzene rings is 1. The lowest BCUT2D eigenvalue weighted by molar-refractivity contribution is -0.121. The van der Waals surface area contributed by atoms with E-state index in [-0.39, 0.29) is 24.3 Å². The zero-order valence-electron chi connectivity index (χ0n) is 17.7. The zero-order chi connectivity index (χ0) is 21.1. The van der Waals surface area contributed by atoms with E-state index in [2.05, 4.69) is 41.3 Å². The van der Waals surface area contributed by atoms with E-state index >= 15 is 0 Å². The van der Waals surface area contributed by atoms with Crippen molar-refractivity contribution >= 4 is 11.8 Å². The Labute approximate surface area is 173 Å². The number of nitrogens with one attached hydrogen (secondary N) is 1. The van der Waals surface area contributed by atoms with Crippen LogP contribution in [0.25, 0.3) is 0 Å². The summed E-state index contributed by atoms with van der Waals surface area (Å²) >= 11 is 0. The second-order valence-corrected chi connectivity index (χ2v) is 7.81. The number of nitrogens with zero attached hydrogens (tertiary/aromatic N) is 3. The summed E-state index contributed by atoms with van der Waals surface area (Å²) in [5, 5.41) is 3.04. The summed E-state index contributed by atoms with van der Waals surface area (Å²) in [6.45, 7) is 7.23. The van der Waals surface area contributed by atoms with E-state index in [0.717, 1.165) is 19.3 Å². The van der Waals surface area contributed by atoms with Gasteiger partial charge in [-0.05, 0) is 37.7 Å². The van der Waals surface area contributed by atoms with Gasteiger partial charge in [-0.2, -0.15) is 0 Å². The molecule has 2 amide bonds. The van der Waals surface area contributed by atoms with Crippen molar-refractivity contribution in [1.82, 2.24) is 20.2 Å². The Kier molecular flexibility index (Phi) is 9.28.